The molecule has 2 aromatic rings. The lowest BCUT2D eigenvalue weighted by atomic mass is 9.93. The van der Waals surface area contributed by atoms with Crippen LogP contribution in [0.2, 0.25) is 0 Å². The number of carbonyl (C=O) groups is 5. The molecule has 0 radical (unpaired) electrons. The van der Waals surface area contributed by atoms with E-state index in [0.29, 0.717) is 0 Å². The summed E-state index contributed by atoms with van der Waals surface area (Å²) in [5.41, 5.74) is 1.84. The molecule has 27 heavy (non-hydrogen) atoms. The standard InChI is InChI=1S/C17H11NO9/c18-12-9(4-3-8(15(22)23)11(12)17(26)27)13(19)6-1-2-7(14(20)21)10(5-6)16(24)25/h1-5H,18H2,(H,20,21)(H,22,23)(H,24,25)(H,26,27). The molecule has 10 nitrogen and oxygen atoms in total. The summed E-state index contributed by atoms with van der Waals surface area (Å²) >= 11 is 0. The molecule has 6 N–H and O–H groups in total. The molecule has 0 saturated heterocycles. The second kappa shape index (κ2) is 6.96. The van der Waals surface area contributed by atoms with E-state index in [2.05, 4.69) is 0 Å². The molecule has 0 fully saturated rings. The number of carboxylic acids is 4. The summed E-state index contributed by atoms with van der Waals surface area (Å²) in [5, 5.41) is 36.3. The summed E-state index contributed by atoms with van der Waals surface area (Å²) in [6, 6.07) is 4.67. The van der Waals surface area contributed by atoms with Gasteiger partial charge in [-0.3, -0.25) is 4.79 Å². The molecule has 0 aliphatic heterocycles. The highest BCUT2D eigenvalue weighted by Gasteiger charge is 2.25. The second-order valence-electron chi connectivity index (χ2n) is 5.26. The minimum Gasteiger partial charge on any atom is -0.478 e. The molecule has 0 saturated carbocycles. The summed E-state index contributed by atoms with van der Waals surface area (Å²) in [6.45, 7) is 0. The third-order valence-electron chi connectivity index (χ3n) is 3.68. The third-order valence-corrected chi connectivity index (χ3v) is 3.68. The normalized spacial score (nSPS) is 10.2. The fraction of sp³-hybridized carbons (Fsp3) is 0. The van der Waals surface area contributed by atoms with Crippen molar-refractivity contribution in [3.63, 3.8) is 0 Å². The first-order chi connectivity index (χ1) is 12.6. The van der Waals surface area contributed by atoms with Crippen LogP contribution < -0.4 is 5.73 Å². The molecule has 10 heteroatoms. The van der Waals surface area contributed by atoms with Crippen LogP contribution in [0.25, 0.3) is 0 Å². The number of carboxylic acid groups (broad SMARTS) is 4. The molecule has 0 atom stereocenters. The van der Waals surface area contributed by atoms with Crippen LogP contribution in [-0.2, 0) is 0 Å². The Bertz CT molecular complexity index is 1020. The Kier molecular flexibility index (Phi) is 4.93. The Morgan fingerprint density at radius 1 is 0.630 bits per heavy atom. The van der Waals surface area contributed by atoms with Gasteiger partial charge in [0.2, 0.25) is 0 Å². The van der Waals surface area contributed by atoms with Crippen LogP contribution in [0.5, 0.6) is 0 Å². The topological polar surface area (TPSA) is 192 Å². The van der Waals surface area contributed by atoms with Gasteiger partial charge in [-0.1, -0.05) is 6.07 Å². The lowest BCUT2D eigenvalue weighted by Crippen LogP contribution is -2.16. The van der Waals surface area contributed by atoms with Gasteiger partial charge in [0.05, 0.1) is 27.9 Å². The SMILES string of the molecule is Nc1c(C(=O)c2ccc(C(=O)O)c(C(=O)O)c2)ccc(C(=O)O)c1C(=O)O. The van der Waals surface area contributed by atoms with Gasteiger partial charge < -0.3 is 26.2 Å². The third kappa shape index (κ3) is 3.44. The van der Waals surface area contributed by atoms with E-state index in [4.69, 9.17) is 21.1 Å². The maximum atomic E-state index is 12.6. The van der Waals surface area contributed by atoms with Crippen molar-refractivity contribution in [1.29, 1.82) is 0 Å². The smallest absolute Gasteiger partial charge is 0.338 e. The molecule has 0 spiro atoms. The number of hydrogen-bond donors (Lipinski definition) is 5. The molecule has 0 heterocycles. The molecule has 0 amide bonds. The lowest BCUT2D eigenvalue weighted by Gasteiger charge is -2.11. The first kappa shape index (κ1) is 19.1. The molecule has 2 aromatic carbocycles. The van der Waals surface area contributed by atoms with E-state index in [1.54, 1.807) is 0 Å². The number of ketones is 1. The summed E-state index contributed by atoms with van der Waals surface area (Å²) in [4.78, 5) is 57.4. The first-order valence-electron chi connectivity index (χ1n) is 7.10. The fourth-order valence-corrected chi connectivity index (χ4v) is 2.43. The van der Waals surface area contributed by atoms with E-state index in [1.807, 2.05) is 0 Å². The van der Waals surface area contributed by atoms with Crippen molar-refractivity contribution in [2.75, 3.05) is 5.73 Å². The Hall–Kier alpha value is -4.21. The van der Waals surface area contributed by atoms with Crippen LogP contribution in [0.1, 0.15) is 57.4 Å². The number of benzene rings is 2. The van der Waals surface area contributed by atoms with Crippen molar-refractivity contribution in [1.82, 2.24) is 0 Å². The predicted octanol–water partition coefficient (Wildman–Crippen LogP) is 1.29. The van der Waals surface area contributed by atoms with Crippen molar-refractivity contribution in [2.45, 2.75) is 0 Å². The molecular formula is C17H11NO9. The molecule has 0 aliphatic carbocycles. The number of aromatic carboxylic acids is 4. The minimum atomic E-state index is -1.66. The molecule has 0 unspecified atom stereocenters. The number of rotatable bonds is 6. The maximum Gasteiger partial charge on any atom is 0.338 e. The van der Waals surface area contributed by atoms with Crippen molar-refractivity contribution < 1.29 is 44.4 Å². The highest BCUT2D eigenvalue weighted by atomic mass is 16.4. The lowest BCUT2D eigenvalue weighted by molar-refractivity contribution is 0.0651. The van der Waals surface area contributed by atoms with Gasteiger partial charge in [-0.25, -0.2) is 19.2 Å². The van der Waals surface area contributed by atoms with Crippen molar-refractivity contribution in [3.8, 4) is 0 Å². The first-order valence-corrected chi connectivity index (χ1v) is 7.10. The number of anilines is 1. The highest BCUT2D eigenvalue weighted by molar-refractivity contribution is 6.17. The van der Waals surface area contributed by atoms with E-state index in [1.165, 1.54) is 0 Å². The van der Waals surface area contributed by atoms with Gasteiger partial charge in [-0.2, -0.15) is 0 Å². The highest BCUT2D eigenvalue weighted by Crippen LogP contribution is 2.26. The molecule has 0 aromatic heterocycles. The Labute approximate surface area is 150 Å². The Morgan fingerprint density at radius 3 is 1.59 bits per heavy atom. The van der Waals surface area contributed by atoms with Gasteiger partial charge in [0.15, 0.2) is 5.78 Å². The quantitative estimate of drug-likeness (QED) is 0.364. The molecular weight excluding hydrogens is 362 g/mol. The van der Waals surface area contributed by atoms with Crippen molar-refractivity contribution in [3.05, 3.63) is 63.7 Å². The van der Waals surface area contributed by atoms with Crippen LogP contribution in [0.3, 0.4) is 0 Å². The minimum absolute atomic E-state index is 0.261. The molecule has 0 aliphatic rings. The van der Waals surface area contributed by atoms with Gasteiger partial charge >= 0.3 is 23.9 Å². The van der Waals surface area contributed by atoms with Gasteiger partial charge in [0.25, 0.3) is 0 Å². The summed E-state index contributed by atoms with van der Waals surface area (Å²) in [6.07, 6.45) is 0. The van der Waals surface area contributed by atoms with Crippen molar-refractivity contribution >= 4 is 35.3 Å². The fourth-order valence-electron chi connectivity index (χ4n) is 2.43. The van der Waals surface area contributed by atoms with Crippen LogP contribution in [-0.4, -0.2) is 50.1 Å². The van der Waals surface area contributed by atoms with E-state index in [-0.39, 0.29) is 11.1 Å². The molecule has 0 bridgehead atoms. The van der Waals surface area contributed by atoms with Crippen LogP contribution >= 0.6 is 0 Å². The van der Waals surface area contributed by atoms with Gasteiger partial charge in [-0.15, -0.1) is 0 Å². The van der Waals surface area contributed by atoms with Gasteiger partial charge in [-0.05, 0) is 24.3 Å². The average molecular weight is 373 g/mol. The van der Waals surface area contributed by atoms with Crippen molar-refractivity contribution in [2.24, 2.45) is 0 Å². The van der Waals surface area contributed by atoms with Crippen LogP contribution in [0.15, 0.2) is 30.3 Å². The summed E-state index contributed by atoms with van der Waals surface area (Å²) in [7, 11) is 0. The zero-order valence-corrected chi connectivity index (χ0v) is 13.3. The van der Waals surface area contributed by atoms with E-state index < -0.39 is 57.6 Å². The van der Waals surface area contributed by atoms with Gasteiger partial charge in [0, 0.05) is 11.1 Å². The zero-order chi connectivity index (χ0) is 20.5. The van der Waals surface area contributed by atoms with E-state index >= 15 is 0 Å². The monoisotopic (exact) mass is 373 g/mol. The zero-order valence-electron chi connectivity index (χ0n) is 13.3. The number of nitrogens with two attached hydrogens (primary N) is 1. The Morgan fingerprint density at radius 2 is 1.11 bits per heavy atom. The van der Waals surface area contributed by atoms with Crippen LogP contribution in [0.4, 0.5) is 5.69 Å². The largest absolute Gasteiger partial charge is 0.478 e. The second-order valence-corrected chi connectivity index (χ2v) is 5.26. The number of nitrogen functional groups attached to an aromatic ring is 1. The maximum absolute atomic E-state index is 12.6. The Balaban J connectivity index is 2.65. The number of carbonyl (C=O) groups excluding carboxylic acids is 1. The van der Waals surface area contributed by atoms with Gasteiger partial charge in [0.1, 0.15) is 0 Å². The average Bonchev–Trinajstić information content (AvgIpc) is 2.59. The molecule has 138 valence electrons. The van der Waals surface area contributed by atoms with E-state index in [0.717, 1.165) is 30.3 Å². The summed E-state index contributed by atoms with van der Waals surface area (Å²) in [5.74, 6) is -7.21. The summed E-state index contributed by atoms with van der Waals surface area (Å²) < 4.78 is 0. The predicted molar refractivity (Wildman–Crippen MR) is 88.6 cm³/mol. The molecule has 2 rings (SSSR count). The number of hydrogen-bond acceptors (Lipinski definition) is 6. The van der Waals surface area contributed by atoms with Crippen LogP contribution in [0, 0.1) is 0 Å². The van der Waals surface area contributed by atoms with E-state index in [9.17, 15) is 29.1 Å².